The molecule has 110 valence electrons. The monoisotopic (exact) mass is 291 g/mol. The van der Waals surface area contributed by atoms with Crippen LogP contribution in [0.4, 0.5) is 0 Å². The van der Waals surface area contributed by atoms with E-state index in [9.17, 15) is 0 Å². The molecule has 0 atom stereocenters. The first-order valence-electron chi connectivity index (χ1n) is 7.48. The van der Waals surface area contributed by atoms with E-state index < -0.39 is 0 Å². The summed E-state index contributed by atoms with van der Waals surface area (Å²) in [6, 6.07) is 12.3. The highest BCUT2D eigenvalue weighted by Crippen LogP contribution is 2.17. The zero-order chi connectivity index (χ0) is 14.8. The highest BCUT2D eigenvalue weighted by molar-refractivity contribution is 5.30. The zero-order valence-electron chi connectivity index (χ0n) is 12.3. The Labute approximate surface area is 129 Å². The van der Waals surface area contributed by atoms with E-state index in [-0.39, 0.29) is 0 Å². The van der Waals surface area contributed by atoms with Crippen molar-refractivity contribution < 1.29 is 0 Å². The fourth-order valence-corrected chi connectivity index (χ4v) is 2.84. The van der Waals surface area contributed by atoms with E-state index >= 15 is 0 Å². The number of para-hydroxylation sites is 1. The minimum absolute atomic E-state index is 0.850. The topological polar surface area (TPSA) is 46.8 Å². The number of fused-ring (bicyclic) bond motifs is 1. The normalized spacial score (nSPS) is 14.7. The average Bonchev–Trinajstić information content (AvgIpc) is 3.04. The zero-order valence-corrected chi connectivity index (χ0v) is 12.3. The van der Waals surface area contributed by atoms with Crippen LogP contribution in [0.1, 0.15) is 17.0 Å². The van der Waals surface area contributed by atoms with Gasteiger partial charge in [-0.05, 0) is 30.2 Å². The molecule has 5 nitrogen and oxygen atoms in total. The molecule has 0 radical (unpaired) electrons. The maximum Gasteiger partial charge on any atom is 0.115 e. The second-order valence-corrected chi connectivity index (χ2v) is 5.54. The third-order valence-electron chi connectivity index (χ3n) is 4.00. The Morgan fingerprint density at radius 2 is 2.00 bits per heavy atom. The molecule has 3 aromatic rings. The van der Waals surface area contributed by atoms with Crippen molar-refractivity contribution in [2.24, 2.45) is 0 Å². The van der Waals surface area contributed by atoms with E-state index in [0.717, 1.165) is 43.1 Å². The molecule has 3 heterocycles. The summed E-state index contributed by atoms with van der Waals surface area (Å²) in [6.45, 7) is 2.75. The maximum absolute atomic E-state index is 4.67. The van der Waals surface area contributed by atoms with Crippen molar-refractivity contribution in [1.82, 2.24) is 24.6 Å². The van der Waals surface area contributed by atoms with Gasteiger partial charge in [-0.1, -0.05) is 18.2 Å². The van der Waals surface area contributed by atoms with Crippen LogP contribution in [0.2, 0.25) is 0 Å². The van der Waals surface area contributed by atoms with Gasteiger partial charge < -0.3 is 0 Å². The lowest BCUT2D eigenvalue weighted by Crippen LogP contribution is -2.31. The van der Waals surface area contributed by atoms with Crippen molar-refractivity contribution in [3.63, 3.8) is 0 Å². The van der Waals surface area contributed by atoms with Gasteiger partial charge in [-0.15, -0.1) is 0 Å². The van der Waals surface area contributed by atoms with Crippen molar-refractivity contribution in [3.05, 3.63) is 72.1 Å². The number of hydrogen-bond acceptors (Lipinski definition) is 4. The van der Waals surface area contributed by atoms with Gasteiger partial charge in [-0.3, -0.25) is 4.90 Å². The molecular weight excluding hydrogens is 274 g/mol. The van der Waals surface area contributed by atoms with Crippen LogP contribution in [-0.4, -0.2) is 31.2 Å². The Bertz CT molecular complexity index is 765. The van der Waals surface area contributed by atoms with Gasteiger partial charge in [0.1, 0.15) is 6.33 Å². The lowest BCUT2D eigenvalue weighted by molar-refractivity contribution is 0.238. The molecule has 0 unspecified atom stereocenters. The van der Waals surface area contributed by atoms with E-state index in [4.69, 9.17) is 0 Å². The summed E-state index contributed by atoms with van der Waals surface area (Å²) in [4.78, 5) is 10.9. The predicted molar refractivity (Wildman–Crippen MR) is 83.4 cm³/mol. The third kappa shape index (κ3) is 2.63. The molecule has 4 rings (SSSR count). The average molecular weight is 291 g/mol. The minimum Gasteiger partial charge on any atom is -0.291 e. The molecule has 0 N–H and O–H groups in total. The summed E-state index contributed by atoms with van der Waals surface area (Å²) in [6.07, 6.45) is 6.59. The summed E-state index contributed by atoms with van der Waals surface area (Å²) in [7, 11) is 0. The predicted octanol–water partition coefficient (Wildman–Crippen LogP) is 2.22. The van der Waals surface area contributed by atoms with E-state index in [0.29, 0.717) is 0 Å². The van der Waals surface area contributed by atoms with Crippen LogP contribution < -0.4 is 0 Å². The number of nitrogens with zero attached hydrogens (tertiary/aromatic N) is 5. The molecule has 0 saturated carbocycles. The Hall–Kier alpha value is -2.53. The van der Waals surface area contributed by atoms with Crippen LogP contribution in [0.25, 0.3) is 5.69 Å². The third-order valence-corrected chi connectivity index (χ3v) is 4.00. The van der Waals surface area contributed by atoms with Crippen LogP contribution in [0.3, 0.4) is 0 Å². The van der Waals surface area contributed by atoms with Gasteiger partial charge in [0, 0.05) is 32.0 Å². The highest BCUT2D eigenvalue weighted by atomic mass is 15.3. The van der Waals surface area contributed by atoms with Crippen LogP contribution in [0.15, 0.2) is 55.1 Å². The van der Waals surface area contributed by atoms with Crippen molar-refractivity contribution in [2.45, 2.75) is 19.5 Å². The number of benzene rings is 1. The molecule has 0 saturated heterocycles. The summed E-state index contributed by atoms with van der Waals surface area (Å²) in [5.74, 6) is 0. The molecule has 5 heteroatoms. The van der Waals surface area contributed by atoms with Crippen LogP contribution >= 0.6 is 0 Å². The maximum atomic E-state index is 4.67. The minimum atomic E-state index is 0.850. The molecule has 1 aromatic carbocycles. The van der Waals surface area contributed by atoms with Crippen LogP contribution in [0.5, 0.6) is 0 Å². The number of aromatic nitrogens is 4. The van der Waals surface area contributed by atoms with Crippen molar-refractivity contribution in [2.75, 3.05) is 6.54 Å². The second-order valence-electron chi connectivity index (χ2n) is 5.54. The van der Waals surface area contributed by atoms with E-state index in [1.807, 2.05) is 35.3 Å². The van der Waals surface area contributed by atoms with Gasteiger partial charge in [0.25, 0.3) is 0 Å². The van der Waals surface area contributed by atoms with Crippen molar-refractivity contribution in [1.29, 1.82) is 0 Å². The molecule has 0 aliphatic carbocycles. The van der Waals surface area contributed by atoms with Gasteiger partial charge >= 0.3 is 0 Å². The van der Waals surface area contributed by atoms with Crippen LogP contribution in [0, 0.1) is 0 Å². The lowest BCUT2D eigenvalue weighted by Gasteiger charge is -2.26. The van der Waals surface area contributed by atoms with Gasteiger partial charge in [0.15, 0.2) is 0 Å². The number of hydrogen-bond donors (Lipinski definition) is 0. The fourth-order valence-electron chi connectivity index (χ4n) is 2.84. The van der Waals surface area contributed by atoms with Crippen LogP contribution in [-0.2, 0) is 19.5 Å². The van der Waals surface area contributed by atoms with E-state index in [1.165, 1.54) is 5.56 Å². The van der Waals surface area contributed by atoms with Crippen molar-refractivity contribution in [3.8, 4) is 5.69 Å². The van der Waals surface area contributed by atoms with Gasteiger partial charge in [-0.2, -0.15) is 5.10 Å². The van der Waals surface area contributed by atoms with Gasteiger partial charge in [-0.25, -0.2) is 14.6 Å². The number of rotatable bonds is 3. The molecule has 1 aliphatic rings. The molecular formula is C17H17N5. The first-order valence-corrected chi connectivity index (χ1v) is 7.48. The Morgan fingerprint density at radius 1 is 1.09 bits per heavy atom. The lowest BCUT2D eigenvalue weighted by atomic mass is 10.1. The first-order chi connectivity index (χ1) is 10.9. The Kier molecular flexibility index (Phi) is 3.40. The summed E-state index contributed by atoms with van der Waals surface area (Å²) in [5, 5.41) is 4.67. The molecule has 0 spiro atoms. The molecule has 2 aromatic heterocycles. The molecule has 22 heavy (non-hydrogen) atoms. The largest absolute Gasteiger partial charge is 0.291 e. The SMILES string of the molecule is c1ccc(-n2ccc(CN3CCc4cncnc4C3)n2)cc1. The molecule has 1 aliphatic heterocycles. The van der Waals surface area contributed by atoms with Crippen molar-refractivity contribution >= 4 is 0 Å². The molecule has 0 fully saturated rings. The van der Waals surface area contributed by atoms with E-state index in [1.54, 1.807) is 6.33 Å². The summed E-state index contributed by atoms with van der Waals surface area (Å²) in [5.41, 5.74) is 4.59. The van der Waals surface area contributed by atoms with Gasteiger partial charge in [0.2, 0.25) is 0 Å². The summed E-state index contributed by atoms with van der Waals surface area (Å²) >= 11 is 0. The summed E-state index contributed by atoms with van der Waals surface area (Å²) < 4.78 is 1.93. The quantitative estimate of drug-likeness (QED) is 0.742. The highest BCUT2D eigenvalue weighted by Gasteiger charge is 2.18. The van der Waals surface area contributed by atoms with E-state index in [2.05, 4.69) is 38.2 Å². The fraction of sp³-hybridized carbons (Fsp3) is 0.235. The smallest absolute Gasteiger partial charge is 0.115 e. The standard InChI is InChI=1S/C17H17N5/c1-2-4-16(5-3-1)22-9-7-15(20-22)11-21-8-6-14-10-18-13-19-17(14)12-21/h1-5,7,9-10,13H,6,8,11-12H2. The Morgan fingerprint density at radius 3 is 2.91 bits per heavy atom. The molecule has 0 amide bonds. The first kappa shape index (κ1) is 13.2. The Balaban J connectivity index is 1.48. The van der Waals surface area contributed by atoms with Gasteiger partial charge in [0.05, 0.1) is 17.1 Å². The molecule has 0 bridgehead atoms. The second kappa shape index (κ2) is 5.69.